The highest BCUT2D eigenvalue weighted by molar-refractivity contribution is 9.10. The Labute approximate surface area is 122 Å². The number of benzene rings is 1. The van der Waals surface area contributed by atoms with Crippen molar-refractivity contribution in [3.8, 4) is 0 Å². The minimum absolute atomic E-state index is 0.0263. The third kappa shape index (κ3) is 3.56. The molecule has 0 radical (unpaired) electrons. The summed E-state index contributed by atoms with van der Waals surface area (Å²) in [4.78, 5) is 0.250. The van der Waals surface area contributed by atoms with Crippen LogP contribution in [0.4, 0.5) is 0 Å². The molecule has 2 N–H and O–H groups in total. The number of halogens is 1. The lowest BCUT2D eigenvalue weighted by atomic mass is 10.1. The van der Waals surface area contributed by atoms with Crippen LogP contribution in [-0.2, 0) is 10.0 Å². The van der Waals surface area contributed by atoms with Crippen LogP contribution in [0, 0.1) is 12.8 Å². The topological polar surface area (TPSA) is 66.4 Å². The lowest BCUT2D eigenvalue weighted by Gasteiger charge is -2.16. The van der Waals surface area contributed by atoms with Crippen molar-refractivity contribution in [2.24, 2.45) is 5.92 Å². The van der Waals surface area contributed by atoms with E-state index >= 15 is 0 Å². The predicted octanol–water partition coefficient (Wildman–Crippen LogP) is 2.20. The van der Waals surface area contributed by atoms with Crippen LogP contribution in [0.3, 0.4) is 0 Å². The van der Waals surface area contributed by atoms with Gasteiger partial charge in [-0.3, -0.25) is 0 Å². The van der Waals surface area contributed by atoms with E-state index in [1.54, 1.807) is 12.1 Å². The van der Waals surface area contributed by atoms with Crippen LogP contribution in [0.1, 0.15) is 24.8 Å². The molecular weight excluding hydrogens is 330 g/mol. The van der Waals surface area contributed by atoms with Gasteiger partial charge in [-0.25, -0.2) is 13.1 Å². The maximum atomic E-state index is 12.2. The third-order valence-corrected chi connectivity index (χ3v) is 5.95. The van der Waals surface area contributed by atoms with Gasteiger partial charge in [0.1, 0.15) is 0 Å². The highest BCUT2D eigenvalue weighted by atomic mass is 79.9. The Kier molecular flexibility index (Phi) is 4.66. The van der Waals surface area contributed by atoms with Crippen LogP contribution >= 0.6 is 15.9 Å². The molecule has 0 aliphatic heterocycles. The zero-order valence-electron chi connectivity index (χ0n) is 10.8. The van der Waals surface area contributed by atoms with E-state index in [1.807, 2.05) is 13.0 Å². The molecule has 0 heterocycles. The minimum atomic E-state index is -3.53. The van der Waals surface area contributed by atoms with Crippen molar-refractivity contribution in [2.45, 2.75) is 37.2 Å². The Bertz CT molecular complexity index is 559. The van der Waals surface area contributed by atoms with Crippen molar-refractivity contribution in [1.82, 2.24) is 4.72 Å². The summed E-state index contributed by atoms with van der Waals surface area (Å²) in [6, 6.07) is 5.22. The van der Waals surface area contributed by atoms with E-state index < -0.39 is 10.0 Å². The molecule has 4 nitrogen and oxygen atoms in total. The molecule has 1 aromatic carbocycles. The van der Waals surface area contributed by atoms with Gasteiger partial charge in [-0.2, -0.15) is 0 Å². The zero-order valence-corrected chi connectivity index (χ0v) is 13.2. The Morgan fingerprint density at radius 2 is 2.16 bits per heavy atom. The molecular formula is C13H18BrNO3S. The summed E-state index contributed by atoms with van der Waals surface area (Å²) in [5.74, 6) is 0.0263. The summed E-state index contributed by atoms with van der Waals surface area (Å²) < 4.78 is 27.6. The van der Waals surface area contributed by atoms with Gasteiger partial charge >= 0.3 is 0 Å². The number of hydrogen-bond acceptors (Lipinski definition) is 3. The van der Waals surface area contributed by atoms with Gasteiger partial charge < -0.3 is 5.11 Å². The van der Waals surface area contributed by atoms with E-state index in [1.165, 1.54) is 0 Å². The van der Waals surface area contributed by atoms with Crippen molar-refractivity contribution in [2.75, 3.05) is 6.54 Å². The largest absolute Gasteiger partial charge is 0.393 e. The van der Waals surface area contributed by atoms with Gasteiger partial charge in [-0.1, -0.05) is 12.5 Å². The molecule has 106 valence electrons. The summed E-state index contributed by atoms with van der Waals surface area (Å²) >= 11 is 3.26. The van der Waals surface area contributed by atoms with Crippen molar-refractivity contribution in [3.63, 3.8) is 0 Å². The fourth-order valence-electron chi connectivity index (χ4n) is 2.37. The monoisotopic (exact) mass is 347 g/mol. The molecule has 1 aliphatic carbocycles. The van der Waals surface area contributed by atoms with Crippen LogP contribution in [0.25, 0.3) is 0 Å². The van der Waals surface area contributed by atoms with Gasteiger partial charge in [0.25, 0.3) is 0 Å². The molecule has 0 saturated heterocycles. The van der Waals surface area contributed by atoms with Gasteiger partial charge in [0, 0.05) is 11.0 Å². The summed E-state index contributed by atoms with van der Waals surface area (Å²) in [5.41, 5.74) is 0.893. The van der Waals surface area contributed by atoms with Crippen molar-refractivity contribution in [3.05, 3.63) is 28.2 Å². The fraction of sp³-hybridized carbons (Fsp3) is 0.538. The molecule has 1 fully saturated rings. The Balaban J connectivity index is 2.12. The van der Waals surface area contributed by atoms with Crippen LogP contribution < -0.4 is 4.72 Å². The minimum Gasteiger partial charge on any atom is -0.393 e. The summed E-state index contributed by atoms with van der Waals surface area (Å²) in [6.07, 6.45) is 2.21. The van der Waals surface area contributed by atoms with Crippen molar-refractivity contribution in [1.29, 1.82) is 0 Å². The normalized spacial score (nSPS) is 23.7. The summed E-state index contributed by atoms with van der Waals surface area (Å²) in [5, 5.41) is 9.71. The van der Waals surface area contributed by atoms with E-state index in [0.29, 0.717) is 11.0 Å². The fourth-order valence-corrected chi connectivity index (χ4v) is 4.51. The number of aliphatic hydroxyl groups is 1. The van der Waals surface area contributed by atoms with Crippen LogP contribution in [0.15, 0.2) is 27.6 Å². The highest BCUT2D eigenvalue weighted by Gasteiger charge is 2.27. The number of aliphatic hydroxyl groups excluding tert-OH is 1. The van der Waals surface area contributed by atoms with Crippen molar-refractivity contribution < 1.29 is 13.5 Å². The first-order valence-electron chi connectivity index (χ1n) is 6.34. The molecule has 2 rings (SSSR count). The molecule has 0 spiro atoms. The Hall–Kier alpha value is -0.430. The number of rotatable bonds is 4. The van der Waals surface area contributed by atoms with Gasteiger partial charge in [0.15, 0.2) is 0 Å². The van der Waals surface area contributed by atoms with Crippen LogP contribution in [0.2, 0.25) is 0 Å². The molecule has 1 aromatic rings. The molecule has 0 bridgehead atoms. The molecule has 0 unspecified atom stereocenters. The van der Waals surface area contributed by atoms with Gasteiger partial charge in [-0.05, 0) is 59.3 Å². The second-order valence-electron chi connectivity index (χ2n) is 5.04. The van der Waals surface area contributed by atoms with Crippen LogP contribution in [0.5, 0.6) is 0 Å². The third-order valence-electron chi connectivity index (χ3n) is 3.53. The molecule has 6 heteroatoms. The first-order chi connectivity index (χ1) is 8.90. The second-order valence-corrected chi connectivity index (χ2v) is 7.63. The average molecular weight is 348 g/mol. The predicted molar refractivity (Wildman–Crippen MR) is 77.4 cm³/mol. The van der Waals surface area contributed by atoms with E-state index in [2.05, 4.69) is 20.7 Å². The summed E-state index contributed by atoms with van der Waals surface area (Å²) in [7, 11) is -3.53. The maximum Gasteiger partial charge on any atom is 0.241 e. The van der Waals surface area contributed by atoms with Gasteiger partial charge in [0.2, 0.25) is 10.0 Å². The smallest absolute Gasteiger partial charge is 0.241 e. The molecule has 19 heavy (non-hydrogen) atoms. The summed E-state index contributed by atoms with van der Waals surface area (Å²) in [6.45, 7) is 2.15. The standard InChI is InChI=1S/C13H18BrNO3S/c1-9-5-6-11(14)13(7-9)19(17,18)15-8-10-3-2-4-12(10)16/h5-7,10,12,15-16H,2-4,8H2,1H3/t10-,12-/m0/s1. The lowest BCUT2D eigenvalue weighted by Crippen LogP contribution is -2.32. The maximum absolute atomic E-state index is 12.2. The SMILES string of the molecule is Cc1ccc(Br)c(S(=O)(=O)NC[C@@H]2CCC[C@@H]2O)c1. The number of hydrogen-bond donors (Lipinski definition) is 2. The number of nitrogens with one attached hydrogen (secondary N) is 1. The Morgan fingerprint density at radius 1 is 1.42 bits per heavy atom. The van der Waals surface area contributed by atoms with E-state index in [9.17, 15) is 13.5 Å². The molecule has 1 aliphatic rings. The average Bonchev–Trinajstić information content (AvgIpc) is 2.75. The van der Waals surface area contributed by atoms with Crippen molar-refractivity contribution >= 4 is 26.0 Å². The first kappa shape index (κ1) is 15.0. The van der Waals surface area contributed by atoms with E-state index in [-0.39, 0.29) is 16.9 Å². The lowest BCUT2D eigenvalue weighted by molar-refractivity contribution is 0.134. The van der Waals surface area contributed by atoms with Gasteiger partial charge in [-0.15, -0.1) is 0 Å². The number of aryl methyl sites for hydroxylation is 1. The zero-order chi connectivity index (χ0) is 14.0. The highest BCUT2D eigenvalue weighted by Crippen LogP contribution is 2.26. The number of sulfonamides is 1. The first-order valence-corrected chi connectivity index (χ1v) is 8.61. The molecule has 0 amide bonds. The Morgan fingerprint density at radius 3 is 2.79 bits per heavy atom. The van der Waals surface area contributed by atoms with Crippen LogP contribution in [-0.4, -0.2) is 26.2 Å². The molecule has 2 atom stereocenters. The van der Waals surface area contributed by atoms with E-state index in [0.717, 1.165) is 24.8 Å². The van der Waals surface area contributed by atoms with E-state index in [4.69, 9.17) is 0 Å². The second kappa shape index (κ2) is 5.91. The molecule has 0 aromatic heterocycles. The quantitative estimate of drug-likeness (QED) is 0.877. The van der Waals surface area contributed by atoms with Gasteiger partial charge in [0.05, 0.1) is 11.0 Å². The molecule has 1 saturated carbocycles.